The largest absolute Gasteiger partial charge is 0.486 e. The summed E-state index contributed by atoms with van der Waals surface area (Å²) in [6, 6.07) is 2.24. The summed E-state index contributed by atoms with van der Waals surface area (Å²) in [5.41, 5.74) is 1.40. The van der Waals surface area contributed by atoms with Crippen LogP contribution in [0.1, 0.15) is 43.0 Å². The van der Waals surface area contributed by atoms with Crippen LogP contribution < -0.4 is 10.1 Å². The first-order valence-electron chi connectivity index (χ1n) is 7.36. The third-order valence-electron chi connectivity index (χ3n) is 3.19. The minimum atomic E-state index is 0.142. The maximum Gasteiger partial charge on any atom is 0.157 e. The van der Waals surface area contributed by atoms with E-state index < -0.39 is 0 Å². The molecule has 0 saturated carbocycles. The summed E-state index contributed by atoms with van der Waals surface area (Å²) in [7, 11) is 0. The van der Waals surface area contributed by atoms with E-state index in [-0.39, 0.29) is 5.54 Å². The highest BCUT2D eigenvalue weighted by molar-refractivity contribution is 7.12. The van der Waals surface area contributed by atoms with Gasteiger partial charge in [0.2, 0.25) is 0 Å². The van der Waals surface area contributed by atoms with Gasteiger partial charge in [-0.25, -0.2) is 0 Å². The molecule has 2 rings (SSSR count). The van der Waals surface area contributed by atoms with Gasteiger partial charge < -0.3 is 10.1 Å². The van der Waals surface area contributed by atoms with Gasteiger partial charge in [0.25, 0.3) is 0 Å². The molecule has 1 N–H and O–H groups in total. The number of ether oxygens (including phenoxy) is 1. The topological polar surface area (TPSA) is 39.1 Å². The maximum absolute atomic E-state index is 5.82. The van der Waals surface area contributed by atoms with E-state index in [9.17, 15) is 0 Å². The predicted molar refractivity (Wildman–Crippen MR) is 87.9 cm³/mol. The molecule has 0 spiro atoms. The van der Waals surface area contributed by atoms with Crippen LogP contribution >= 0.6 is 11.3 Å². The van der Waals surface area contributed by atoms with Crippen LogP contribution in [-0.4, -0.2) is 15.3 Å². The zero-order valence-electron chi connectivity index (χ0n) is 13.6. The summed E-state index contributed by atoms with van der Waals surface area (Å²) in [5.74, 6) is 0.830. The first-order valence-corrected chi connectivity index (χ1v) is 8.17. The molecule has 4 nitrogen and oxygen atoms in total. The molecule has 0 atom stereocenters. The highest BCUT2D eigenvalue weighted by Gasteiger charge is 2.11. The molecule has 0 unspecified atom stereocenters. The molecule has 0 aromatic carbocycles. The number of nitrogens with zero attached hydrogens (tertiary/aromatic N) is 2. The lowest BCUT2D eigenvalue weighted by Gasteiger charge is -2.19. The Morgan fingerprint density at radius 3 is 2.76 bits per heavy atom. The monoisotopic (exact) mass is 307 g/mol. The summed E-state index contributed by atoms with van der Waals surface area (Å²) < 4.78 is 7.69. The fourth-order valence-electron chi connectivity index (χ4n) is 1.92. The summed E-state index contributed by atoms with van der Waals surface area (Å²) in [6.45, 7) is 13.1. The summed E-state index contributed by atoms with van der Waals surface area (Å²) in [4.78, 5) is 2.67. The number of rotatable bonds is 6. The van der Waals surface area contributed by atoms with E-state index in [1.165, 1.54) is 15.3 Å². The van der Waals surface area contributed by atoms with Crippen LogP contribution in [0.15, 0.2) is 18.5 Å². The first-order chi connectivity index (χ1) is 9.87. The Labute approximate surface area is 131 Å². The second kappa shape index (κ2) is 6.62. The number of hydrogen-bond acceptors (Lipinski definition) is 4. The molecule has 116 valence electrons. The van der Waals surface area contributed by atoms with Gasteiger partial charge in [-0.15, -0.1) is 11.3 Å². The molecule has 2 heterocycles. The van der Waals surface area contributed by atoms with Crippen LogP contribution in [-0.2, 0) is 19.7 Å². The number of aryl methyl sites for hydroxylation is 2. The van der Waals surface area contributed by atoms with Gasteiger partial charge in [0.15, 0.2) is 5.75 Å². The smallest absolute Gasteiger partial charge is 0.157 e. The number of aromatic nitrogens is 2. The van der Waals surface area contributed by atoms with Crippen molar-refractivity contribution in [3.63, 3.8) is 0 Å². The Kier molecular flexibility index (Phi) is 5.06. The lowest BCUT2D eigenvalue weighted by Crippen LogP contribution is -2.34. The van der Waals surface area contributed by atoms with Crippen molar-refractivity contribution >= 4 is 11.3 Å². The van der Waals surface area contributed by atoms with Crippen molar-refractivity contribution in [2.24, 2.45) is 0 Å². The molecule has 0 amide bonds. The van der Waals surface area contributed by atoms with Crippen molar-refractivity contribution in [3.05, 3.63) is 33.8 Å². The molecule has 0 fully saturated rings. The number of thiophene rings is 1. The normalized spacial score (nSPS) is 11.9. The molecular weight excluding hydrogens is 282 g/mol. The van der Waals surface area contributed by atoms with Gasteiger partial charge in [0, 0.05) is 33.9 Å². The van der Waals surface area contributed by atoms with E-state index in [2.05, 4.69) is 51.1 Å². The predicted octanol–water partition coefficient (Wildman–Crippen LogP) is 3.74. The highest BCUT2D eigenvalue weighted by atomic mass is 32.1. The SMILES string of the molecule is CCn1cc(OCc2cc(CNC(C)(C)C)sc2C)cn1. The molecule has 21 heavy (non-hydrogen) atoms. The summed E-state index contributed by atoms with van der Waals surface area (Å²) >= 11 is 1.84. The molecule has 0 radical (unpaired) electrons. The van der Waals surface area contributed by atoms with E-state index in [1.807, 2.05) is 22.2 Å². The fourth-order valence-corrected chi connectivity index (χ4v) is 2.91. The Balaban J connectivity index is 1.92. The maximum atomic E-state index is 5.82. The van der Waals surface area contributed by atoms with Crippen LogP contribution in [0.2, 0.25) is 0 Å². The Morgan fingerprint density at radius 1 is 1.38 bits per heavy atom. The molecule has 0 bridgehead atoms. The second-order valence-corrected chi connectivity index (χ2v) is 7.56. The van der Waals surface area contributed by atoms with Gasteiger partial charge >= 0.3 is 0 Å². The van der Waals surface area contributed by atoms with Crippen molar-refractivity contribution < 1.29 is 4.74 Å². The van der Waals surface area contributed by atoms with Crippen LogP contribution in [0.25, 0.3) is 0 Å². The Hall–Kier alpha value is -1.33. The van der Waals surface area contributed by atoms with Gasteiger partial charge in [0.1, 0.15) is 6.61 Å². The molecule has 5 heteroatoms. The standard InChI is InChI=1S/C16H25N3OS/c1-6-19-10-14(8-18-19)20-11-13-7-15(21-12(13)2)9-17-16(3,4)5/h7-8,10,17H,6,9,11H2,1-5H3. The molecular formula is C16H25N3OS. The highest BCUT2D eigenvalue weighted by Crippen LogP contribution is 2.23. The average Bonchev–Trinajstić information content (AvgIpc) is 3.00. The second-order valence-electron chi connectivity index (χ2n) is 6.22. The lowest BCUT2D eigenvalue weighted by molar-refractivity contribution is 0.305. The molecule has 2 aromatic heterocycles. The average molecular weight is 307 g/mol. The fraction of sp³-hybridized carbons (Fsp3) is 0.562. The zero-order valence-corrected chi connectivity index (χ0v) is 14.4. The van der Waals surface area contributed by atoms with Crippen molar-refractivity contribution in [2.45, 2.75) is 59.9 Å². The third-order valence-corrected chi connectivity index (χ3v) is 4.29. The number of hydrogen-bond donors (Lipinski definition) is 1. The summed E-state index contributed by atoms with van der Waals surface area (Å²) in [5, 5.41) is 7.74. The molecule has 0 aliphatic rings. The van der Waals surface area contributed by atoms with E-state index in [0.717, 1.165) is 18.8 Å². The van der Waals surface area contributed by atoms with Gasteiger partial charge in [0.05, 0.1) is 12.4 Å². The van der Waals surface area contributed by atoms with E-state index in [0.29, 0.717) is 6.61 Å². The van der Waals surface area contributed by atoms with Crippen LogP contribution in [0.5, 0.6) is 5.75 Å². The Bertz CT molecular complexity index is 581. The van der Waals surface area contributed by atoms with Crippen molar-refractivity contribution in [1.82, 2.24) is 15.1 Å². The minimum absolute atomic E-state index is 0.142. The molecule has 2 aromatic rings. The van der Waals surface area contributed by atoms with E-state index in [4.69, 9.17) is 4.74 Å². The van der Waals surface area contributed by atoms with Crippen molar-refractivity contribution in [3.8, 4) is 5.75 Å². The van der Waals surface area contributed by atoms with Crippen LogP contribution in [0, 0.1) is 6.92 Å². The van der Waals surface area contributed by atoms with Gasteiger partial charge in [-0.2, -0.15) is 5.10 Å². The molecule has 0 aliphatic heterocycles. The summed E-state index contributed by atoms with van der Waals surface area (Å²) in [6.07, 6.45) is 3.71. The number of nitrogens with one attached hydrogen (secondary N) is 1. The first kappa shape index (κ1) is 16.0. The van der Waals surface area contributed by atoms with Crippen molar-refractivity contribution in [2.75, 3.05) is 0 Å². The van der Waals surface area contributed by atoms with Gasteiger partial charge in [-0.05, 0) is 40.7 Å². The minimum Gasteiger partial charge on any atom is -0.486 e. The van der Waals surface area contributed by atoms with E-state index >= 15 is 0 Å². The third kappa shape index (κ3) is 4.86. The molecule has 0 aliphatic carbocycles. The lowest BCUT2D eigenvalue weighted by atomic mass is 10.1. The van der Waals surface area contributed by atoms with Gasteiger partial charge in [-0.3, -0.25) is 4.68 Å². The van der Waals surface area contributed by atoms with E-state index in [1.54, 1.807) is 6.20 Å². The van der Waals surface area contributed by atoms with Crippen LogP contribution in [0.3, 0.4) is 0 Å². The quantitative estimate of drug-likeness (QED) is 0.883. The van der Waals surface area contributed by atoms with Gasteiger partial charge in [-0.1, -0.05) is 0 Å². The van der Waals surface area contributed by atoms with Crippen LogP contribution in [0.4, 0.5) is 0 Å². The van der Waals surface area contributed by atoms with Crippen molar-refractivity contribution in [1.29, 1.82) is 0 Å². The zero-order chi connectivity index (χ0) is 15.5. The Morgan fingerprint density at radius 2 is 2.14 bits per heavy atom. The molecule has 0 saturated heterocycles.